The summed E-state index contributed by atoms with van der Waals surface area (Å²) in [4.78, 5) is 27.0. The van der Waals surface area contributed by atoms with Gasteiger partial charge in [0.15, 0.2) is 0 Å². The Morgan fingerprint density at radius 2 is 1.84 bits per heavy atom. The zero-order chi connectivity index (χ0) is 14.1. The zero-order valence-electron chi connectivity index (χ0n) is 12.0. The second-order valence-electron chi connectivity index (χ2n) is 4.67. The number of esters is 1. The number of rotatable bonds is 6. The van der Waals surface area contributed by atoms with Gasteiger partial charge in [-0.3, -0.25) is 9.69 Å². The normalized spacial score (nSPS) is 16.2. The van der Waals surface area contributed by atoms with Gasteiger partial charge in [0, 0.05) is 32.7 Å². The van der Waals surface area contributed by atoms with E-state index in [4.69, 9.17) is 4.74 Å². The van der Waals surface area contributed by atoms with E-state index in [9.17, 15) is 9.59 Å². The van der Waals surface area contributed by atoms with Gasteiger partial charge in [-0.05, 0) is 13.3 Å². The number of piperazine rings is 1. The maximum atomic E-state index is 11.6. The lowest BCUT2D eigenvalue weighted by Gasteiger charge is -2.33. The Kier molecular flexibility index (Phi) is 7.25. The minimum atomic E-state index is -0.167. The van der Waals surface area contributed by atoms with Crippen molar-refractivity contribution in [3.63, 3.8) is 0 Å². The molecular formula is C13H25N3O3. The van der Waals surface area contributed by atoms with Crippen LogP contribution >= 0.6 is 0 Å². The minimum Gasteiger partial charge on any atom is -0.465 e. The number of unbranched alkanes of at least 4 members (excludes halogenated alkanes) is 1. The van der Waals surface area contributed by atoms with Crippen LogP contribution in [0.4, 0.5) is 4.79 Å². The summed E-state index contributed by atoms with van der Waals surface area (Å²) in [6.07, 6.45) is 1.94. The van der Waals surface area contributed by atoms with Crippen molar-refractivity contribution in [2.75, 3.05) is 45.9 Å². The molecule has 0 unspecified atom stereocenters. The number of ether oxygens (including phenoxy) is 1. The molecule has 6 heteroatoms. The first kappa shape index (κ1) is 15.8. The van der Waals surface area contributed by atoms with Gasteiger partial charge in [-0.15, -0.1) is 0 Å². The van der Waals surface area contributed by atoms with E-state index in [1.54, 1.807) is 4.90 Å². The molecule has 2 amide bonds. The summed E-state index contributed by atoms with van der Waals surface area (Å²) in [6.45, 7) is 8.21. The van der Waals surface area contributed by atoms with Crippen molar-refractivity contribution in [2.45, 2.75) is 26.7 Å². The number of hydrogen-bond acceptors (Lipinski definition) is 4. The highest BCUT2D eigenvalue weighted by Gasteiger charge is 2.22. The van der Waals surface area contributed by atoms with Crippen LogP contribution in [-0.2, 0) is 9.53 Å². The Morgan fingerprint density at radius 1 is 1.16 bits per heavy atom. The fraction of sp³-hybridized carbons (Fsp3) is 0.846. The Hall–Kier alpha value is -1.30. The highest BCUT2D eigenvalue weighted by atomic mass is 16.5. The first-order valence-corrected chi connectivity index (χ1v) is 7.08. The van der Waals surface area contributed by atoms with E-state index in [1.165, 1.54) is 0 Å². The molecule has 1 rings (SSSR count). The third kappa shape index (κ3) is 5.92. The molecule has 0 aromatic carbocycles. The van der Waals surface area contributed by atoms with Gasteiger partial charge >= 0.3 is 12.0 Å². The molecule has 0 aromatic heterocycles. The second-order valence-corrected chi connectivity index (χ2v) is 4.67. The van der Waals surface area contributed by atoms with E-state index in [0.29, 0.717) is 32.8 Å². The number of amides is 2. The van der Waals surface area contributed by atoms with Crippen molar-refractivity contribution in [1.82, 2.24) is 15.1 Å². The van der Waals surface area contributed by atoms with Crippen molar-refractivity contribution in [3.05, 3.63) is 0 Å². The van der Waals surface area contributed by atoms with Crippen molar-refractivity contribution in [3.8, 4) is 0 Å². The van der Waals surface area contributed by atoms with Crippen LogP contribution in [-0.4, -0.2) is 67.7 Å². The average molecular weight is 271 g/mol. The van der Waals surface area contributed by atoms with Gasteiger partial charge in [-0.25, -0.2) is 4.79 Å². The van der Waals surface area contributed by atoms with Crippen LogP contribution in [0.5, 0.6) is 0 Å². The van der Waals surface area contributed by atoms with Crippen LogP contribution in [0.1, 0.15) is 26.7 Å². The Balaban J connectivity index is 2.19. The molecule has 0 bridgehead atoms. The summed E-state index contributed by atoms with van der Waals surface area (Å²) < 4.78 is 5.12. The molecule has 1 fully saturated rings. The van der Waals surface area contributed by atoms with E-state index in [2.05, 4.69) is 12.2 Å². The van der Waals surface area contributed by atoms with E-state index in [-0.39, 0.29) is 12.0 Å². The molecule has 1 N–H and O–H groups in total. The standard InChI is InChI=1S/C13H25N3O3/c1-3-5-10-19-12(17)11-15-6-8-16(9-7-15)13(18)14-4-2/h3-11H2,1-2H3,(H,14,18). The molecule has 1 aliphatic heterocycles. The lowest BCUT2D eigenvalue weighted by atomic mass is 10.3. The van der Waals surface area contributed by atoms with E-state index in [0.717, 1.165) is 25.9 Å². The van der Waals surface area contributed by atoms with Crippen LogP contribution in [0, 0.1) is 0 Å². The minimum absolute atomic E-state index is 0.0207. The lowest BCUT2D eigenvalue weighted by molar-refractivity contribution is -0.145. The van der Waals surface area contributed by atoms with Crippen molar-refractivity contribution >= 4 is 12.0 Å². The third-order valence-corrected chi connectivity index (χ3v) is 3.10. The van der Waals surface area contributed by atoms with Gasteiger partial charge in [0.2, 0.25) is 0 Å². The summed E-state index contributed by atoms with van der Waals surface area (Å²) in [7, 11) is 0. The van der Waals surface area contributed by atoms with Gasteiger partial charge in [-0.1, -0.05) is 13.3 Å². The van der Waals surface area contributed by atoms with Gasteiger partial charge in [0.25, 0.3) is 0 Å². The summed E-state index contributed by atoms with van der Waals surface area (Å²) in [5.41, 5.74) is 0. The molecule has 0 aromatic rings. The molecule has 1 saturated heterocycles. The molecule has 0 atom stereocenters. The molecule has 1 aliphatic rings. The van der Waals surface area contributed by atoms with Crippen LogP contribution in [0.2, 0.25) is 0 Å². The SMILES string of the molecule is CCCCOC(=O)CN1CCN(C(=O)NCC)CC1. The van der Waals surface area contributed by atoms with E-state index < -0.39 is 0 Å². The summed E-state index contributed by atoms with van der Waals surface area (Å²) in [5.74, 6) is -0.167. The quantitative estimate of drug-likeness (QED) is 0.570. The monoisotopic (exact) mass is 271 g/mol. The van der Waals surface area contributed by atoms with Crippen LogP contribution < -0.4 is 5.32 Å². The first-order chi connectivity index (χ1) is 9.17. The lowest BCUT2D eigenvalue weighted by Crippen LogP contribution is -2.52. The number of carbonyl (C=O) groups is 2. The molecule has 19 heavy (non-hydrogen) atoms. The number of nitrogens with zero attached hydrogens (tertiary/aromatic N) is 2. The molecule has 0 saturated carbocycles. The fourth-order valence-corrected chi connectivity index (χ4v) is 1.93. The predicted molar refractivity (Wildman–Crippen MR) is 73.0 cm³/mol. The van der Waals surface area contributed by atoms with Crippen molar-refractivity contribution in [2.24, 2.45) is 0 Å². The Labute approximate surface area is 115 Å². The fourth-order valence-electron chi connectivity index (χ4n) is 1.93. The Bertz CT molecular complexity index is 289. The maximum Gasteiger partial charge on any atom is 0.320 e. The van der Waals surface area contributed by atoms with Crippen LogP contribution in [0.3, 0.4) is 0 Å². The van der Waals surface area contributed by atoms with Crippen LogP contribution in [0.25, 0.3) is 0 Å². The van der Waals surface area contributed by atoms with E-state index in [1.807, 2.05) is 11.8 Å². The molecule has 0 radical (unpaired) electrons. The molecule has 0 aliphatic carbocycles. The van der Waals surface area contributed by atoms with Crippen molar-refractivity contribution in [1.29, 1.82) is 0 Å². The van der Waals surface area contributed by atoms with Crippen molar-refractivity contribution < 1.29 is 14.3 Å². The Morgan fingerprint density at radius 3 is 2.42 bits per heavy atom. The smallest absolute Gasteiger partial charge is 0.320 e. The molecule has 6 nitrogen and oxygen atoms in total. The van der Waals surface area contributed by atoms with Gasteiger partial charge in [-0.2, -0.15) is 0 Å². The largest absolute Gasteiger partial charge is 0.465 e. The van der Waals surface area contributed by atoms with E-state index >= 15 is 0 Å². The number of hydrogen-bond donors (Lipinski definition) is 1. The van der Waals surface area contributed by atoms with Gasteiger partial charge in [0.1, 0.15) is 0 Å². The molecular weight excluding hydrogens is 246 g/mol. The second kappa shape index (κ2) is 8.74. The summed E-state index contributed by atoms with van der Waals surface area (Å²) in [6, 6.07) is -0.0207. The molecule has 1 heterocycles. The maximum absolute atomic E-state index is 11.6. The third-order valence-electron chi connectivity index (χ3n) is 3.10. The van der Waals surface area contributed by atoms with Gasteiger partial charge < -0.3 is 15.0 Å². The topological polar surface area (TPSA) is 61.9 Å². The number of urea groups is 1. The summed E-state index contributed by atoms with van der Waals surface area (Å²) >= 11 is 0. The number of carbonyl (C=O) groups excluding carboxylic acids is 2. The first-order valence-electron chi connectivity index (χ1n) is 7.08. The van der Waals surface area contributed by atoms with Gasteiger partial charge in [0.05, 0.1) is 13.2 Å². The molecule has 110 valence electrons. The average Bonchev–Trinajstić information content (AvgIpc) is 2.40. The highest BCUT2D eigenvalue weighted by Crippen LogP contribution is 2.02. The summed E-state index contributed by atoms with van der Waals surface area (Å²) in [5, 5.41) is 2.78. The number of nitrogens with one attached hydrogen (secondary N) is 1. The highest BCUT2D eigenvalue weighted by molar-refractivity contribution is 5.74. The zero-order valence-corrected chi connectivity index (χ0v) is 12.0. The molecule has 0 spiro atoms. The predicted octanol–water partition coefficient (Wildman–Crippen LogP) is 0.677. The van der Waals surface area contributed by atoms with Crippen LogP contribution in [0.15, 0.2) is 0 Å².